The summed E-state index contributed by atoms with van der Waals surface area (Å²) in [5.41, 5.74) is 1.88. The van der Waals surface area contributed by atoms with Crippen LogP contribution >= 0.6 is 0 Å². The third-order valence-electron chi connectivity index (χ3n) is 3.13. The fraction of sp³-hybridized carbons (Fsp3) is 0.278. The van der Waals surface area contributed by atoms with Crippen molar-refractivity contribution in [3.05, 3.63) is 65.7 Å². The Balaban J connectivity index is 1.67. The van der Waals surface area contributed by atoms with E-state index in [1.807, 2.05) is 30.3 Å². The van der Waals surface area contributed by atoms with E-state index in [0.29, 0.717) is 31.1 Å². The van der Waals surface area contributed by atoms with E-state index in [1.165, 1.54) is 5.56 Å². The molecular formula is C18H20O3. The monoisotopic (exact) mass is 284 g/mol. The van der Waals surface area contributed by atoms with Gasteiger partial charge in [0.1, 0.15) is 12.4 Å². The first-order valence-corrected chi connectivity index (χ1v) is 7.12. The Morgan fingerprint density at radius 2 is 1.62 bits per heavy atom. The first-order chi connectivity index (χ1) is 10.3. The van der Waals surface area contributed by atoms with E-state index >= 15 is 0 Å². The molecule has 0 radical (unpaired) electrons. The molecule has 21 heavy (non-hydrogen) atoms. The van der Waals surface area contributed by atoms with Crippen molar-refractivity contribution >= 4 is 5.78 Å². The van der Waals surface area contributed by atoms with Gasteiger partial charge in [0, 0.05) is 0 Å². The second-order valence-electron chi connectivity index (χ2n) is 4.75. The summed E-state index contributed by atoms with van der Waals surface area (Å²) in [5.74, 6) is 0.632. The number of rotatable bonds is 8. The molecule has 0 aliphatic carbocycles. The molecule has 0 fully saturated rings. The number of hydrogen-bond donors (Lipinski definition) is 0. The minimum Gasteiger partial charge on any atom is -0.490 e. The average molecular weight is 284 g/mol. The normalized spacial score (nSPS) is 10.3. The summed E-state index contributed by atoms with van der Waals surface area (Å²) in [7, 11) is 0. The zero-order chi connectivity index (χ0) is 14.9. The van der Waals surface area contributed by atoms with Gasteiger partial charge in [-0.2, -0.15) is 0 Å². The zero-order valence-electron chi connectivity index (χ0n) is 12.2. The molecule has 0 aliphatic heterocycles. The van der Waals surface area contributed by atoms with Crippen LogP contribution < -0.4 is 4.74 Å². The Morgan fingerprint density at radius 1 is 0.905 bits per heavy atom. The van der Waals surface area contributed by atoms with Gasteiger partial charge in [-0.05, 0) is 31.0 Å². The highest BCUT2D eigenvalue weighted by molar-refractivity contribution is 5.96. The maximum absolute atomic E-state index is 11.4. The van der Waals surface area contributed by atoms with E-state index in [-0.39, 0.29) is 5.78 Å². The van der Waals surface area contributed by atoms with Gasteiger partial charge in [0.15, 0.2) is 5.78 Å². The summed E-state index contributed by atoms with van der Waals surface area (Å²) in [4.78, 5) is 11.4. The van der Waals surface area contributed by atoms with Crippen molar-refractivity contribution in [2.45, 2.75) is 13.3 Å². The summed E-state index contributed by atoms with van der Waals surface area (Å²) in [5, 5.41) is 0. The Kier molecular flexibility index (Phi) is 5.98. The Hall–Kier alpha value is -2.13. The van der Waals surface area contributed by atoms with Gasteiger partial charge in [0.05, 0.1) is 18.8 Å². The maximum atomic E-state index is 11.4. The molecule has 2 aromatic carbocycles. The van der Waals surface area contributed by atoms with Gasteiger partial charge in [-0.1, -0.05) is 42.5 Å². The number of ether oxygens (including phenoxy) is 2. The maximum Gasteiger partial charge on any atom is 0.163 e. The molecule has 0 N–H and O–H groups in total. The van der Waals surface area contributed by atoms with Crippen LogP contribution in [0.5, 0.6) is 5.75 Å². The molecule has 0 amide bonds. The van der Waals surface area contributed by atoms with Crippen molar-refractivity contribution in [3.8, 4) is 5.75 Å². The van der Waals surface area contributed by atoms with Crippen molar-refractivity contribution < 1.29 is 14.3 Å². The zero-order valence-corrected chi connectivity index (χ0v) is 12.2. The second kappa shape index (κ2) is 8.22. The van der Waals surface area contributed by atoms with Crippen LogP contribution in [0.3, 0.4) is 0 Å². The van der Waals surface area contributed by atoms with Crippen LogP contribution in [-0.4, -0.2) is 25.6 Å². The first-order valence-electron chi connectivity index (χ1n) is 7.12. The summed E-state index contributed by atoms with van der Waals surface area (Å²) in [6.07, 6.45) is 0.894. The van der Waals surface area contributed by atoms with Crippen LogP contribution in [0, 0.1) is 0 Å². The van der Waals surface area contributed by atoms with Gasteiger partial charge in [-0.25, -0.2) is 0 Å². The Labute approximate surface area is 125 Å². The van der Waals surface area contributed by atoms with E-state index in [0.717, 1.165) is 6.42 Å². The number of carbonyl (C=O) groups is 1. The van der Waals surface area contributed by atoms with Crippen LogP contribution in [-0.2, 0) is 11.2 Å². The van der Waals surface area contributed by atoms with E-state index < -0.39 is 0 Å². The van der Waals surface area contributed by atoms with Gasteiger partial charge in [-0.3, -0.25) is 4.79 Å². The Bertz CT molecular complexity index is 564. The quantitative estimate of drug-likeness (QED) is 0.549. The van der Waals surface area contributed by atoms with Crippen molar-refractivity contribution in [1.82, 2.24) is 0 Å². The van der Waals surface area contributed by atoms with E-state index in [2.05, 4.69) is 12.1 Å². The number of benzene rings is 2. The van der Waals surface area contributed by atoms with Crippen molar-refractivity contribution in [3.63, 3.8) is 0 Å². The molecule has 0 atom stereocenters. The summed E-state index contributed by atoms with van der Waals surface area (Å²) >= 11 is 0. The van der Waals surface area contributed by atoms with Gasteiger partial charge in [-0.15, -0.1) is 0 Å². The molecule has 2 aromatic rings. The van der Waals surface area contributed by atoms with Gasteiger partial charge < -0.3 is 9.47 Å². The molecule has 3 heteroatoms. The van der Waals surface area contributed by atoms with Crippen LogP contribution in [0.15, 0.2) is 54.6 Å². The minimum absolute atomic E-state index is 0.00981. The van der Waals surface area contributed by atoms with Gasteiger partial charge in [0.2, 0.25) is 0 Å². The molecule has 0 unspecified atom stereocenters. The fourth-order valence-corrected chi connectivity index (χ4v) is 2.03. The minimum atomic E-state index is 0.00981. The smallest absolute Gasteiger partial charge is 0.163 e. The summed E-state index contributed by atoms with van der Waals surface area (Å²) in [6, 6.07) is 17.5. The van der Waals surface area contributed by atoms with Gasteiger partial charge >= 0.3 is 0 Å². The number of Topliss-reactive ketones (excluding diaryl/α,β-unsaturated/α-hetero) is 1. The van der Waals surface area contributed by atoms with Crippen LogP contribution in [0.4, 0.5) is 0 Å². The highest BCUT2D eigenvalue weighted by Gasteiger charge is 2.06. The third-order valence-corrected chi connectivity index (χ3v) is 3.13. The first kappa shape index (κ1) is 15.3. The van der Waals surface area contributed by atoms with Crippen molar-refractivity contribution in [2.75, 3.05) is 19.8 Å². The molecule has 0 saturated carbocycles. The summed E-state index contributed by atoms with van der Waals surface area (Å²) in [6.45, 7) is 3.17. The predicted molar refractivity (Wildman–Crippen MR) is 82.9 cm³/mol. The van der Waals surface area contributed by atoms with Crippen LogP contribution in [0.2, 0.25) is 0 Å². The molecule has 0 heterocycles. The van der Waals surface area contributed by atoms with Crippen LogP contribution in [0.1, 0.15) is 22.8 Å². The lowest BCUT2D eigenvalue weighted by Crippen LogP contribution is -2.10. The number of hydrogen-bond acceptors (Lipinski definition) is 3. The molecule has 0 saturated heterocycles. The fourth-order valence-electron chi connectivity index (χ4n) is 2.03. The van der Waals surface area contributed by atoms with E-state index in [1.54, 1.807) is 19.1 Å². The highest BCUT2D eigenvalue weighted by atomic mass is 16.5. The molecular weight excluding hydrogens is 264 g/mol. The largest absolute Gasteiger partial charge is 0.490 e. The highest BCUT2D eigenvalue weighted by Crippen LogP contribution is 2.18. The lowest BCUT2D eigenvalue weighted by Gasteiger charge is -2.10. The average Bonchev–Trinajstić information content (AvgIpc) is 2.52. The standard InChI is InChI=1S/C18H20O3/c1-15(19)17-9-5-6-10-18(17)21-14-13-20-12-11-16-7-3-2-4-8-16/h2-10H,11-14H2,1H3. The van der Waals surface area contributed by atoms with Crippen LogP contribution in [0.25, 0.3) is 0 Å². The van der Waals surface area contributed by atoms with E-state index in [4.69, 9.17) is 9.47 Å². The predicted octanol–water partition coefficient (Wildman–Crippen LogP) is 3.53. The molecule has 110 valence electrons. The third kappa shape index (κ3) is 5.04. The summed E-state index contributed by atoms with van der Waals surface area (Å²) < 4.78 is 11.2. The lowest BCUT2D eigenvalue weighted by atomic mass is 10.1. The topological polar surface area (TPSA) is 35.5 Å². The number of para-hydroxylation sites is 1. The molecule has 0 bridgehead atoms. The number of ketones is 1. The Morgan fingerprint density at radius 3 is 2.38 bits per heavy atom. The molecule has 0 spiro atoms. The number of carbonyl (C=O) groups excluding carboxylic acids is 1. The molecule has 3 nitrogen and oxygen atoms in total. The van der Waals surface area contributed by atoms with Crippen molar-refractivity contribution in [2.24, 2.45) is 0 Å². The molecule has 0 aromatic heterocycles. The van der Waals surface area contributed by atoms with Crippen molar-refractivity contribution in [1.29, 1.82) is 0 Å². The van der Waals surface area contributed by atoms with E-state index in [9.17, 15) is 4.79 Å². The lowest BCUT2D eigenvalue weighted by molar-refractivity contribution is 0.0970. The van der Waals surface area contributed by atoms with Gasteiger partial charge in [0.25, 0.3) is 0 Å². The molecule has 0 aliphatic rings. The SMILES string of the molecule is CC(=O)c1ccccc1OCCOCCc1ccccc1. The second-order valence-corrected chi connectivity index (χ2v) is 4.75. The molecule has 2 rings (SSSR count).